The van der Waals surface area contributed by atoms with Crippen LogP contribution in [0.3, 0.4) is 0 Å². The lowest BCUT2D eigenvalue weighted by atomic mass is 9.58. The Kier molecular flexibility index (Phi) is 3.19. The molecule has 2 saturated carbocycles. The highest BCUT2D eigenvalue weighted by Crippen LogP contribution is 2.51. The van der Waals surface area contributed by atoms with Crippen LogP contribution in [0.15, 0.2) is 30.3 Å². The smallest absolute Gasteiger partial charge is 0.0461 e. The van der Waals surface area contributed by atoms with E-state index >= 15 is 0 Å². The maximum absolute atomic E-state index is 3.71. The van der Waals surface area contributed by atoms with E-state index in [1.807, 2.05) is 0 Å². The van der Waals surface area contributed by atoms with Gasteiger partial charge in [-0.15, -0.1) is 0 Å². The molecular formula is C17H25N. The second-order valence-electron chi connectivity index (χ2n) is 6.50. The van der Waals surface area contributed by atoms with Crippen molar-refractivity contribution in [2.24, 2.45) is 17.8 Å². The Morgan fingerprint density at radius 2 is 1.89 bits per heavy atom. The van der Waals surface area contributed by atoms with E-state index in [-0.39, 0.29) is 5.54 Å². The van der Waals surface area contributed by atoms with Crippen LogP contribution in [0.25, 0.3) is 0 Å². The average molecular weight is 243 g/mol. The lowest BCUT2D eigenvalue weighted by Gasteiger charge is -2.51. The molecule has 2 bridgehead atoms. The van der Waals surface area contributed by atoms with E-state index in [4.69, 9.17) is 0 Å². The molecule has 0 spiro atoms. The minimum absolute atomic E-state index is 0.242. The van der Waals surface area contributed by atoms with Gasteiger partial charge in [0.2, 0.25) is 0 Å². The normalized spacial score (nSPS) is 39.6. The van der Waals surface area contributed by atoms with Gasteiger partial charge in [0.05, 0.1) is 0 Å². The van der Waals surface area contributed by atoms with Gasteiger partial charge in [-0.1, -0.05) is 37.3 Å². The molecule has 3 rings (SSSR count). The molecular weight excluding hydrogens is 218 g/mol. The molecule has 98 valence electrons. The number of rotatable bonds is 2. The van der Waals surface area contributed by atoms with Gasteiger partial charge < -0.3 is 5.32 Å². The number of nitrogens with one attached hydrogen (secondary N) is 1. The lowest BCUT2D eigenvalue weighted by molar-refractivity contribution is 0.0442. The second-order valence-corrected chi connectivity index (χ2v) is 6.50. The average Bonchev–Trinajstić information content (AvgIpc) is 2.40. The van der Waals surface area contributed by atoms with E-state index in [0.29, 0.717) is 0 Å². The molecule has 1 heteroatoms. The van der Waals surface area contributed by atoms with E-state index < -0.39 is 0 Å². The van der Waals surface area contributed by atoms with Crippen LogP contribution in [-0.2, 0) is 5.54 Å². The van der Waals surface area contributed by atoms with Crippen molar-refractivity contribution in [3.8, 4) is 0 Å². The van der Waals surface area contributed by atoms with Crippen LogP contribution in [0.2, 0.25) is 0 Å². The maximum Gasteiger partial charge on any atom is 0.0461 e. The van der Waals surface area contributed by atoms with Crippen LogP contribution in [-0.4, -0.2) is 7.05 Å². The second kappa shape index (κ2) is 4.70. The molecule has 2 aliphatic rings. The molecule has 1 N–H and O–H groups in total. The molecule has 0 radical (unpaired) electrons. The third-order valence-corrected chi connectivity index (χ3v) is 5.42. The van der Waals surface area contributed by atoms with Gasteiger partial charge in [-0.3, -0.25) is 0 Å². The standard InChI is InChI=1S/C17H25N/c1-13-10-14-8-9-17(18-2,16(11-13)12-14)15-6-4-3-5-7-15/h3-7,13-14,16,18H,8-12H2,1-2H3. The largest absolute Gasteiger partial charge is 0.310 e. The van der Waals surface area contributed by atoms with Crippen LogP contribution in [0.4, 0.5) is 0 Å². The third-order valence-electron chi connectivity index (χ3n) is 5.42. The summed E-state index contributed by atoms with van der Waals surface area (Å²) in [5, 5.41) is 3.71. The first-order valence-corrected chi connectivity index (χ1v) is 7.49. The monoisotopic (exact) mass is 243 g/mol. The van der Waals surface area contributed by atoms with E-state index in [1.54, 1.807) is 0 Å². The van der Waals surface area contributed by atoms with Gasteiger partial charge in [0.15, 0.2) is 0 Å². The topological polar surface area (TPSA) is 12.0 Å². The minimum Gasteiger partial charge on any atom is -0.310 e. The Morgan fingerprint density at radius 1 is 1.11 bits per heavy atom. The molecule has 4 atom stereocenters. The van der Waals surface area contributed by atoms with Crippen LogP contribution in [0, 0.1) is 17.8 Å². The quantitative estimate of drug-likeness (QED) is 0.829. The summed E-state index contributed by atoms with van der Waals surface area (Å²) in [6.45, 7) is 2.44. The Morgan fingerprint density at radius 3 is 2.61 bits per heavy atom. The number of hydrogen-bond donors (Lipinski definition) is 1. The minimum atomic E-state index is 0.242. The number of hydrogen-bond acceptors (Lipinski definition) is 1. The first kappa shape index (κ1) is 12.2. The third kappa shape index (κ3) is 1.89. The Hall–Kier alpha value is -0.820. The van der Waals surface area contributed by atoms with E-state index in [2.05, 4.69) is 49.6 Å². The molecule has 0 heterocycles. The summed E-state index contributed by atoms with van der Waals surface area (Å²) in [5.74, 6) is 2.72. The first-order valence-electron chi connectivity index (χ1n) is 7.49. The van der Waals surface area contributed by atoms with Gasteiger partial charge in [-0.05, 0) is 62.5 Å². The van der Waals surface area contributed by atoms with E-state index in [9.17, 15) is 0 Å². The molecule has 1 nitrogen and oxygen atoms in total. The Bertz CT molecular complexity index is 397. The number of fused-ring (bicyclic) bond motifs is 2. The molecule has 4 unspecified atom stereocenters. The zero-order valence-corrected chi connectivity index (χ0v) is 11.7. The highest BCUT2D eigenvalue weighted by atomic mass is 15.0. The highest BCUT2D eigenvalue weighted by molar-refractivity contribution is 5.27. The molecule has 2 fully saturated rings. The summed E-state index contributed by atoms with van der Waals surface area (Å²) < 4.78 is 0. The van der Waals surface area contributed by atoms with Gasteiger partial charge >= 0.3 is 0 Å². The Labute approximate surface area is 111 Å². The van der Waals surface area contributed by atoms with Crippen LogP contribution in [0.5, 0.6) is 0 Å². The SMILES string of the molecule is CNC1(c2ccccc2)CCC2CC(C)CC1C2. The van der Waals surface area contributed by atoms with Crippen molar-refractivity contribution in [1.82, 2.24) is 5.32 Å². The first-order chi connectivity index (χ1) is 8.74. The molecule has 0 saturated heterocycles. The fraction of sp³-hybridized carbons (Fsp3) is 0.647. The summed E-state index contributed by atoms with van der Waals surface area (Å²) in [4.78, 5) is 0. The summed E-state index contributed by atoms with van der Waals surface area (Å²) >= 11 is 0. The predicted octanol–water partition coefficient (Wildman–Crippen LogP) is 3.95. The van der Waals surface area contributed by atoms with Crippen LogP contribution in [0.1, 0.15) is 44.6 Å². The number of benzene rings is 1. The van der Waals surface area contributed by atoms with Crippen molar-refractivity contribution in [1.29, 1.82) is 0 Å². The van der Waals surface area contributed by atoms with Crippen molar-refractivity contribution >= 4 is 0 Å². The molecule has 1 aromatic rings. The fourth-order valence-corrected chi connectivity index (χ4v) is 4.61. The molecule has 0 aliphatic heterocycles. The van der Waals surface area contributed by atoms with Gasteiger partial charge in [0.1, 0.15) is 0 Å². The Balaban J connectivity index is 1.96. The molecule has 18 heavy (non-hydrogen) atoms. The molecule has 0 amide bonds. The van der Waals surface area contributed by atoms with Gasteiger partial charge in [0, 0.05) is 5.54 Å². The van der Waals surface area contributed by atoms with Crippen LogP contribution < -0.4 is 5.32 Å². The van der Waals surface area contributed by atoms with Gasteiger partial charge in [-0.25, -0.2) is 0 Å². The van der Waals surface area contributed by atoms with Crippen molar-refractivity contribution in [2.75, 3.05) is 7.05 Å². The summed E-state index contributed by atoms with van der Waals surface area (Å²) in [7, 11) is 2.16. The van der Waals surface area contributed by atoms with E-state index in [1.165, 1.54) is 37.7 Å². The molecule has 0 aromatic heterocycles. The van der Waals surface area contributed by atoms with Crippen LogP contribution >= 0.6 is 0 Å². The maximum atomic E-state index is 3.71. The van der Waals surface area contributed by atoms with Gasteiger partial charge in [0.25, 0.3) is 0 Å². The zero-order valence-electron chi connectivity index (χ0n) is 11.7. The van der Waals surface area contributed by atoms with Crippen molar-refractivity contribution in [3.05, 3.63) is 35.9 Å². The molecule has 1 aromatic carbocycles. The fourth-order valence-electron chi connectivity index (χ4n) is 4.61. The van der Waals surface area contributed by atoms with Crippen molar-refractivity contribution in [3.63, 3.8) is 0 Å². The van der Waals surface area contributed by atoms with Crippen molar-refractivity contribution in [2.45, 2.75) is 44.6 Å². The predicted molar refractivity (Wildman–Crippen MR) is 76.4 cm³/mol. The highest BCUT2D eigenvalue weighted by Gasteiger charge is 2.46. The van der Waals surface area contributed by atoms with Crippen molar-refractivity contribution < 1.29 is 0 Å². The molecule has 2 aliphatic carbocycles. The summed E-state index contributed by atoms with van der Waals surface area (Å²) in [6.07, 6.45) is 7.00. The van der Waals surface area contributed by atoms with E-state index in [0.717, 1.165) is 17.8 Å². The lowest BCUT2D eigenvalue weighted by Crippen LogP contribution is -2.52. The zero-order chi connectivity index (χ0) is 12.6. The van der Waals surface area contributed by atoms with Gasteiger partial charge in [-0.2, -0.15) is 0 Å². The summed E-state index contributed by atoms with van der Waals surface area (Å²) in [6, 6.07) is 11.1. The summed E-state index contributed by atoms with van der Waals surface area (Å²) in [5.41, 5.74) is 1.75.